The van der Waals surface area contributed by atoms with Crippen LogP contribution in [0.4, 0.5) is 0 Å². The minimum absolute atomic E-state index is 0.0331. The molecule has 0 atom stereocenters. The fourth-order valence-corrected chi connectivity index (χ4v) is 2.58. The highest BCUT2D eigenvalue weighted by Crippen LogP contribution is 2.19. The van der Waals surface area contributed by atoms with E-state index in [0.717, 1.165) is 11.4 Å². The molecular weight excluding hydrogens is 288 g/mol. The van der Waals surface area contributed by atoms with Crippen molar-refractivity contribution in [3.63, 3.8) is 0 Å². The summed E-state index contributed by atoms with van der Waals surface area (Å²) in [4.78, 5) is 10.7. The lowest BCUT2D eigenvalue weighted by Crippen LogP contribution is -2.12. The van der Waals surface area contributed by atoms with Crippen molar-refractivity contribution in [3.05, 3.63) is 41.2 Å². The SMILES string of the molecule is Cc1ccc(Cn2c(CCN)nnc2SCC(=O)O)cc1. The van der Waals surface area contributed by atoms with E-state index < -0.39 is 5.97 Å². The quantitative estimate of drug-likeness (QED) is 0.749. The average molecular weight is 306 g/mol. The lowest BCUT2D eigenvalue weighted by Gasteiger charge is -2.09. The highest BCUT2D eigenvalue weighted by molar-refractivity contribution is 7.99. The molecule has 6 nitrogen and oxygen atoms in total. The van der Waals surface area contributed by atoms with E-state index in [1.54, 1.807) is 0 Å². The van der Waals surface area contributed by atoms with Gasteiger partial charge in [0.1, 0.15) is 5.82 Å². The first kappa shape index (κ1) is 15.5. The van der Waals surface area contributed by atoms with Gasteiger partial charge in [-0.25, -0.2) is 0 Å². The summed E-state index contributed by atoms with van der Waals surface area (Å²) in [6.45, 7) is 3.14. The van der Waals surface area contributed by atoms with E-state index in [0.29, 0.717) is 24.7 Å². The molecule has 21 heavy (non-hydrogen) atoms. The second-order valence-corrected chi connectivity index (χ2v) is 5.63. The number of nitrogens with zero attached hydrogens (tertiary/aromatic N) is 3. The minimum Gasteiger partial charge on any atom is -0.481 e. The zero-order valence-corrected chi connectivity index (χ0v) is 12.6. The van der Waals surface area contributed by atoms with Gasteiger partial charge >= 0.3 is 5.97 Å². The van der Waals surface area contributed by atoms with Gasteiger partial charge in [0.25, 0.3) is 0 Å². The molecular formula is C14H18N4O2S. The first-order valence-electron chi connectivity index (χ1n) is 6.62. The molecule has 0 saturated heterocycles. The molecule has 7 heteroatoms. The summed E-state index contributed by atoms with van der Waals surface area (Å²) >= 11 is 1.17. The molecule has 0 aliphatic rings. The number of thioether (sulfide) groups is 1. The van der Waals surface area contributed by atoms with Crippen LogP contribution in [0.2, 0.25) is 0 Å². The van der Waals surface area contributed by atoms with Gasteiger partial charge in [-0.1, -0.05) is 41.6 Å². The Morgan fingerprint density at radius 1 is 1.33 bits per heavy atom. The van der Waals surface area contributed by atoms with Crippen LogP contribution in [0.5, 0.6) is 0 Å². The third-order valence-electron chi connectivity index (χ3n) is 2.95. The molecule has 3 N–H and O–H groups in total. The van der Waals surface area contributed by atoms with Crippen molar-refractivity contribution < 1.29 is 9.90 Å². The molecule has 0 unspecified atom stereocenters. The Balaban J connectivity index is 2.22. The molecule has 0 aliphatic carbocycles. The van der Waals surface area contributed by atoms with Gasteiger partial charge in [-0.3, -0.25) is 4.79 Å². The minimum atomic E-state index is -0.870. The molecule has 1 aromatic heterocycles. The summed E-state index contributed by atoms with van der Waals surface area (Å²) in [5, 5.41) is 17.6. The second kappa shape index (κ2) is 7.24. The van der Waals surface area contributed by atoms with E-state index in [1.807, 2.05) is 35.8 Å². The van der Waals surface area contributed by atoms with Crippen molar-refractivity contribution in [2.75, 3.05) is 12.3 Å². The van der Waals surface area contributed by atoms with Gasteiger partial charge in [-0.05, 0) is 19.0 Å². The molecule has 0 amide bonds. The molecule has 0 aliphatic heterocycles. The van der Waals surface area contributed by atoms with Crippen LogP contribution < -0.4 is 5.73 Å². The van der Waals surface area contributed by atoms with Crippen LogP contribution in [-0.4, -0.2) is 38.1 Å². The monoisotopic (exact) mass is 306 g/mol. The van der Waals surface area contributed by atoms with Crippen LogP contribution in [0.15, 0.2) is 29.4 Å². The van der Waals surface area contributed by atoms with Crippen molar-refractivity contribution in [3.8, 4) is 0 Å². The van der Waals surface area contributed by atoms with E-state index in [-0.39, 0.29) is 5.75 Å². The number of rotatable bonds is 7. The maximum Gasteiger partial charge on any atom is 0.313 e. The Kier molecular flexibility index (Phi) is 5.35. The Morgan fingerprint density at radius 3 is 2.67 bits per heavy atom. The second-order valence-electron chi connectivity index (χ2n) is 4.69. The zero-order valence-electron chi connectivity index (χ0n) is 11.8. The Bertz CT molecular complexity index is 610. The summed E-state index contributed by atoms with van der Waals surface area (Å²) in [7, 11) is 0. The maximum absolute atomic E-state index is 10.7. The lowest BCUT2D eigenvalue weighted by molar-refractivity contribution is -0.133. The van der Waals surface area contributed by atoms with Crippen molar-refractivity contribution in [1.29, 1.82) is 0 Å². The van der Waals surface area contributed by atoms with Crippen LogP contribution in [-0.2, 0) is 17.8 Å². The van der Waals surface area contributed by atoms with Crippen LogP contribution in [0.3, 0.4) is 0 Å². The molecule has 1 aromatic carbocycles. The molecule has 2 aromatic rings. The van der Waals surface area contributed by atoms with Gasteiger partial charge in [0, 0.05) is 6.42 Å². The van der Waals surface area contributed by atoms with Gasteiger partial charge in [-0.2, -0.15) is 0 Å². The van der Waals surface area contributed by atoms with E-state index in [9.17, 15) is 4.79 Å². The molecule has 0 fully saturated rings. The number of carboxylic acids is 1. The average Bonchev–Trinajstić information content (AvgIpc) is 2.82. The number of carbonyl (C=O) groups is 1. The van der Waals surface area contributed by atoms with E-state index >= 15 is 0 Å². The van der Waals surface area contributed by atoms with E-state index in [1.165, 1.54) is 17.3 Å². The third kappa shape index (κ3) is 4.30. The van der Waals surface area contributed by atoms with Gasteiger partial charge < -0.3 is 15.4 Å². The predicted octanol–water partition coefficient (Wildman–Crippen LogP) is 1.31. The number of aromatic nitrogens is 3. The number of aryl methyl sites for hydroxylation is 1. The summed E-state index contributed by atoms with van der Waals surface area (Å²) < 4.78 is 1.94. The third-order valence-corrected chi connectivity index (χ3v) is 3.90. The largest absolute Gasteiger partial charge is 0.481 e. The first-order valence-corrected chi connectivity index (χ1v) is 7.61. The molecule has 112 valence electrons. The topological polar surface area (TPSA) is 94.0 Å². The number of carboxylic acid groups (broad SMARTS) is 1. The number of hydrogen-bond donors (Lipinski definition) is 2. The van der Waals surface area contributed by atoms with Gasteiger partial charge in [0.2, 0.25) is 0 Å². The normalized spacial score (nSPS) is 10.8. The summed E-state index contributed by atoms with van der Waals surface area (Å²) in [5.41, 5.74) is 7.91. The maximum atomic E-state index is 10.7. The van der Waals surface area contributed by atoms with Gasteiger partial charge in [0.15, 0.2) is 5.16 Å². The van der Waals surface area contributed by atoms with Crippen molar-refractivity contribution in [2.24, 2.45) is 5.73 Å². The predicted molar refractivity (Wildman–Crippen MR) is 81.4 cm³/mol. The molecule has 0 spiro atoms. The smallest absolute Gasteiger partial charge is 0.313 e. The van der Waals surface area contributed by atoms with Crippen LogP contribution in [0, 0.1) is 6.92 Å². The fraction of sp³-hybridized carbons (Fsp3) is 0.357. The molecule has 0 saturated carbocycles. The number of nitrogens with two attached hydrogens (primary N) is 1. The van der Waals surface area contributed by atoms with E-state index in [4.69, 9.17) is 10.8 Å². The highest BCUT2D eigenvalue weighted by atomic mass is 32.2. The molecule has 2 rings (SSSR count). The number of aliphatic carboxylic acids is 1. The molecule has 1 heterocycles. The molecule has 0 bridgehead atoms. The highest BCUT2D eigenvalue weighted by Gasteiger charge is 2.13. The lowest BCUT2D eigenvalue weighted by atomic mass is 10.1. The van der Waals surface area contributed by atoms with Gasteiger partial charge in [-0.15, -0.1) is 10.2 Å². The Hall–Kier alpha value is -1.86. The summed E-state index contributed by atoms with van der Waals surface area (Å²) in [6.07, 6.45) is 0.618. The van der Waals surface area contributed by atoms with E-state index in [2.05, 4.69) is 10.2 Å². The summed E-state index contributed by atoms with van der Waals surface area (Å²) in [5.74, 6) is -0.120. The first-order chi connectivity index (χ1) is 10.1. The van der Waals surface area contributed by atoms with Crippen molar-refractivity contribution in [2.45, 2.75) is 25.0 Å². The Labute approximate surface area is 127 Å². The standard InChI is InChI=1S/C14H18N4O2S/c1-10-2-4-11(5-3-10)8-18-12(6-7-15)16-17-14(18)21-9-13(19)20/h2-5H,6-9,15H2,1H3,(H,19,20). The Morgan fingerprint density at radius 2 is 2.05 bits per heavy atom. The van der Waals surface area contributed by atoms with Gasteiger partial charge in [0.05, 0.1) is 12.3 Å². The molecule has 0 radical (unpaired) electrons. The van der Waals surface area contributed by atoms with Crippen LogP contribution in [0.1, 0.15) is 17.0 Å². The number of benzene rings is 1. The number of hydrogen-bond acceptors (Lipinski definition) is 5. The fourth-order valence-electron chi connectivity index (χ4n) is 1.90. The van der Waals surface area contributed by atoms with Crippen LogP contribution >= 0.6 is 11.8 Å². The van der Waals surface area contributed by atoms with Crippen molar-refractivity contribution in [1.82, 2.24) is 14.8 Å². The zero-order chi connectivity index (χ0) is 15.2. The van der Waals surface area contributed by atoms with Crippen molar-refractivity contribution >= 4 is 17.7 Å². The summed E-state index contributed by atoms with van der Waals surface area (Å²) in [6, 6.07) is 8.19. The van der Waals surface area contributed by atoms with Crippen LogP contribution in [0.25, 0.3) is 0 Å².